The van der Waals surface area contributed by atoms with E-state index in [1.54, 1.807) is 0 Å². The Morgan fingerprint density at radius 2 is 1.56 bits per heavy atom. The van der Waals surface area contributed by atoms with E-state index in [-0.39, 0.29) is 12.5 Å². The summed E-state index contributed by atoms with van der Waals surface area (Å²) in [6.07, 6.45) is 1.83. The second kappa shape index (κ2) is 9.53. The summed E-state index contributed by atoms with van der Waals surface area (Å²) in [6, 6.07) is 16.4. The van der Waals surface area contributed by atoms with Gasteiger partial charge >= 0.3 is 6.16 Å². The summed E-state index contributed by atoms with van der Waals surface area (Å²) in [5.74, 6) is 1.05. The van der Waals surface area contributed by atoms with Crippen LogP contribution in [0.4, 0.5) is 4.79 Å². The number of hydrogen-bond donors (Lipinski definition) is 1. The zero-order valence-corrected chi connectivity index (χ0v) is 17.1. The minimum Gasteiger partial charge on any atom is -0.433 e. The maximum atomic E-state index is 12.2. The number of aliphatic hydroxyl groups excluding tert-OH is 1. The lowest BCUT2D eigenvalue weighted by Gasteiger charge is -2.22. The van der Waals surface area contributed by atoms with E-state index in [0.717, 1.165) is 11.1 Å². The number of aliphatic hydroxyl groups is 1. The van der Waals surface area contributed by atoms with Crippen LogP contribution >= 0.6 is 23.5 Å². The van der Waals surface area contributed by atoms with Crippen LogP contribution in [0.2, 0.25) is 0 Å². The van der Waals surface area contributed by atoms with Crippen LogP contribution in [0.1, 0.15) is 17.0 Å². The van der Waals surface area contributed by atoms with E-state index >= 15 is 0 Å². The molecule has 2 atom stereocenters. The number of ether oxygens (including phenoxy) is 2. The van der Waals surface area contributed by atoms with Gasteiger partial charge in [0.1, 0.15) is 18.8 Å². The molecule has 0 fully saturated rings. The van der Waals surface area contributed by atoms with E-state index in [2.05, 4.69) is 24.3 Å². The standard InChI is InChI=1S/C21H24O4S2/c1-26-12-19(22)20(13-27-2)25-21(23)24-11-18-16-9-5-3-7-14(16)15-8-4-6-10-17(15)18/h3-10,18-20,22H,11-13H2,1-2H3. The molecule has 2 aromatic carbocycles. The molecular formula is C21H24O4S2. The van der Waals surface area contributed by atoms with Crippen LogP contribution in [0.15, 0.2) is 48.5 Å². The van der Waals surface area contributed by atoms with Crippen molar-refractivity contribution in [2.45, 2.75) is 18.1 Å². The van der Waals surface area contributed by atoms with E-state index < -0.39 is 18.4 Å². The van der Waals surface area contributed by atoms with Gasteiger partial charge in [-0.15, -0.1) is 0 Å². The monoisotopic (exact) mass is 404 g/mol. The number of benzene rings is 2. The van der Waals surface area contributed by atoms with Crippen molar-refractivity contribution in [1.82, 2.24) is 0 Å². The summed E-state index contributed by atoms with van der Waals surface area (Å²) < 4.78 is 10.9. The molecule has 0 heterocycles. The highest BCUT2D eigenvalue weighted by Crippen LogP contribution is 2.44. The smallest absolute Gasteiger partial charge is 0.433 e. The highest BCUT2D eigenvalue weighted by molar-refractivity contribution is 7.98. The van der Waals surface area contributed by atoms with Gasteiger partial charge in [-0.3, -0.25) is 0 Å². The van der Waals surface area contributed by atoms with E-state index in [4.69, 9.17) is 9.47 Å². The average molecular weight is 405 g/mol. The fraction of sp³-hybridized carbons (Fsp3) is 0.381. The summed E-state index contributed by atoms with van der Waals surface area (Å²) in [4.78, 5) is 12.2. The third kappa shape index (κ3) is 4.62. The normalized spacial score (nSPS) is 14.9. The maximum absolute atomic E-state index is 12.2. The largest absolute Gasteiger partial charge is 0.508 e. The maximum Gasteiger partial charge on any atom is 0.508 e. The number of rotatable bonds is 8. The van der Waals surface area contributed by atoms with Crippen molar-refractivity contribution in [1.29, 1.82) is 0 Å². The highest BCUT2D eigenvalue weighted by atomic mass is 32.2. The SMILES string of the molecule is CSCC(O)C(CSC)OC(=O)OCC1c2ccccc2-c2ccccc21. The van der Waals surface area contributed by atoms with Crippen molar-refractivity contribution in [2.75, 3.05) is 30.6 Å². The molecule has 0 aromatic heterocycles. The molecule has 27 heavy (non-hydrogen) atoms. The Hall–Kier alpha value is -1.63. The van der Waals surface area contributed by atoms with Crippen LogP contribution in [0.5, 0.6) is 0 Å². The second-order valence-corrected chi connectivity index (χ2v) is 8.24. The number of thioether (sulfide) groups is 2. The molecule has 0 radical (unpaired) electrons. The lowest BCUT2D eigenvalue weighted by molar-refractivity contribution is -0.0147. The molecule has 3 rings (SSSR count). The zero-order chi connectivity index (χ0) is 19.2. The van der Waals surface area contributed by atoms with Gasteiger partial charge in [-0.05, 0) is 34.8 Å². The summed E-state index contributed by atoms with van der Waals surface area (Å²) in [7, 11) is 0. The Balaban J connectivity index is 1.67. The van der Waals surface area contributed by atoms with Gasteiger partial charge in [-0.25, -0.2) is 4.79 Å². The van der Waals surface area contributed by atoms with Crippen LogP contribution in [0.25, 0.3) is 11.1 Å². The minimum atomic E-state index is -0.726. The molecule has 0 saturated carbocycles. The topological polar surface area (TPSA) is 55.8 Å². The van der Waals surface area contributed by atoms with Crippen molar-refractivity contribution in [3.8, 4) is 11.1 Å². The number of fused-ring (bicyclic) bond motifs is 3. The Morgan fingerprint density at radius 3 is 2.11 bits per heavy atom. The molecule has 0 aliphatic heterocycles. The molecule has 1 aliphatic carbocycles. The lowest BCUT2D eigenvalue weighted by atomic mass is 9.98. The molecule has 4 nitrogen and oxygen atoms in total. The molecule has 0 spiro atoms. The van der Waals surface area contributed by atoms with Crippen molar-refractivity contribution in [3.63, 3.8) is 0 Å². The zero-order valence-electron chi connectivity index (χ0n) is 15.5. The Labute approximate surface area is 168 Å². The van der Waals surface area contributed by atoms with E-state index in [1.807, 2.05) is 36.8 Å². The van der Waals surface area contributed by atoms with Gasteiger partial charge in [0.2, 0.25) is 0 Å². The number of hydrogen-bond acceptors (Lipinski definition) is 6. The highest BCUT2D eigenvalue weighted by Gasteiger charge is 2.30. The molecule has 0 saturated heterocycles. The number of carbonyl (C=O) groups is 1. The minimum absolute atomic E-state index is 0.0000657. The molecule has 0 bridgehead atoms. The van der Waals surface area contributed by atoms with Gasteiger partial charge in [-0.2, -0.15) is 23.5 Å². The van der Waals surface area contributed by atoms with Crippen LogP contribution < -0.4 is 0 Å². The molecule has 1 aliphatic rings. The van der Waals surface area contributed by atoms with Gasteiger partial charge in [0.25, 0.3) is 0 Å². The van der Waals surface area contributed by atoms with Gasteiger partial charge < -0.3 is 14.6 Å². The third-order valence-electron chi connectivity index (χ3n) is 4.68. The fourth-order valence-electron chi connectivity index (χ4n) is 3.41. The first kappa shape index (κ1) is 20.1. The molecule has 144 valence electrons. The van der Waals surface area contributed by atoms with E-state index in [9.17, 15) is 9.90 Å². The Kier molecular flexibility index (Phi) is 7.10. The van der Waals surface area contributed by atoms with Crippen molar-refractivity contribution in [2.24, 2.45) is 0 Å². The van der Waals surface area contributed by atoms with Gasteiger partial charge in [-0.1, -0.05) is 48.5 Å². The first-order valence-electron chi connectivity index (χ1n) is 8.83. The fourth-order valence-corrected chi connectivity index (χ4v) is 4.59. The lowest BCUT2D eigenvalue weighted by Crippen LogP contribution is -2.35. The molecule has 2 aromatic rings. The molecule has 2 unspecified atom stereocenters. The van der Waals surface area contributed by atoms with Crippen LogP contribution in [-0.4, -0.2) is 54.1 Å². The summed E-state index contributed by atoms with van der Waals surface area (Å²) in [5.41, 5.74) is 4.70. The first-order chi connectivity index (χ1) is 13.2. The van der Waals surface area contributed by atoms with Gasteiger partial charge in [0.15, 0.2) is 0 Å². The summed E-state index contributed by atoms with van der Waals surface area (Å²) >= 11 is 3.05. The predicted octanol–water partition coefficient (Wildman–Crippen LogP) is 4.41. The second-order valence-electron chi connectivity index (χ2n) is 6.42. The molecule has 1 N–H and O–H groups in total. The molecule has 0 amide bonds. The summed E-state index contributed by atoms with van der Waals surface area (Å²) in [6.45, 7) is 0.220. The first-order valence-corrected chi connectivity index (χ1v) is 11.6. The Bertz CT molecular complexity index is 735. The van der Waals surface area contributed by atoms with Crippen molar-refractivity contribution < 1.29 is 19.4 Å². The van der Waals surface area contributed by atoms with Gasteiger partial charge in [0, 0.05) is 17.4 Å². The quantitative estimate of drug-likeness (QED) is 0.658. The van der Waals surface area contributed by atoms with Crippen LogP contribution in [0, 0.1) is 0 Å². The van der Waals surface area contributed by atoms with Gasteiger partial charge in [0.05, 0.1) is 0 Å². The van der Waals surface area contributed by atoms with Crippen LogP contribution in [0.3, 0.4) is 0 Å². The van der Waals surface area contributed by atoms with Crippen molar-refractivity contribution in [3.05, 3.63) is 59.7 Å². The van der Waals surface area contributed by atoms with Crippen molar-refractivity contribution >= 4 is 29.7 Å². The predicted molar refractivity (Wildman–Crippen MR) is 113 cm³/mol. The summed E-state index contributed by atoms with van der Waals surface area (Å²) in [5, 5.41) is 10.2. The van der Waals surface area contributed by atoms with E-state index in [0.29, 0.717) is 11.5 Å². The molecule has 6 heteroatoms. The van der Waals surface area contributed by atoms with Crippen LogP contribution in [-0.2, 0) is 9.47 Å². The molecular weight excluding hydrogens is 380 g/mol. The average Bonchev–Trinajstić information content (AvgIpc) is 3.00. The third-order valence-corrected chi connectivity index (χ3v) is 6.01. The number of carbonyl (C=O) groups excluding carboxylic acids is 1. The Morgan fingerprint density at radius 1 is 1.00 bits per heavy atom. The van der Waals surface area contributed by atoms with E-state index in [1.165, 1.54) is 34.7 Å².